The van der Waals surface area contributed by atoms with Gasteiger partial charge in [-0.1, -0.05) is 27.2 Å². The molecule has 24 heavy (non-hydrogen) atoms. The summed E-state index contributed by atoms with van der Waals surface area (Å²) in [6.45, 7) is 12.5. The largest absolute Gasteiger partial charge is 0.378 e. The van der Waals surface area contributed by atoms with Crippen molar-refractivity contribution in [3.05, 3.63) is 15.6 Å². The molecule has 2 atom stereocenters. The Balaban J connectivity index is 1.70. The van der Waals surface area contributed by atoms with Crippen LogP contribution in [0.1, 0.15) is 59.9 Å². The topological polar surface area (TPSA) is 45.7 Å². The molecule has 134 valence electrons. The monoisotopic (exact) mass is 351 g/mol. The number of aryl methyl sites for hydroxylation is 1. The van der Waals surface area contributed by atoms with Crippen LogP contribution in [-0.2, 0) is 4.74 Å². The van der Waals surface area contributed by atoms with Crippen molar-refractivity contribution in [1.82, 2.24) is 14.8 Å². The summed E-state index contributed by atoms with van der Waals surface area (Å²) in [6.07, 6.45) is 2.36. The van der Waals surface area contributed by atoms with Crippen LogP contribution in [0.3, 0.4) is 0 Å². The number of nitrogens with zero attached hydrogens (tertiary/aromatic N) is 3. The summed E-state index contributed by atoms with van der Waals surface area (Å²) in [5.41, 5.74) is 0.875. The van der Waals surface area contributed by atoms with Gasteiger partial charge in [-0.2, -0.15) is 0 Å². The Morgan fingerprint density at radius 3 is 2.83 bits per heavy atom. The molecule has 1 aromatic rings. The number of aromatic nitrogens is 1. The van der Waals surface area contributed by atoms with Crippen LogP contribution in [0.4, 0.5) is 0 Å². The molecular formula is C18H29N3O2S. The lowest BCUT2D eigenvalue weighted by atomic mass is 10.0. The van der Waals surface area contributed by atoms with Gasteiger partial charge in [0.15, 0.2) is 0 Å². The standard InChI is InChI=1S/C18H29N3O2S/c1-5-6-14-10-23-11-15-9-20(7-8-21(14)15)18(22)16-13(4)19-17(24-16)12(2)3/h12,14-15H,5-11H2,1-4H3/t14-,15+/m0/s1. The summed E-state index contributed by atoms with van der Waals surface area (Å²) >= 11 is 1.56. The number of morpholine rings is 1. The molecule has 2 aliphatic rings. The van der Waals surface area contributed by atoms with E-state index in [1.54, 1.807) is 11.3 Å². The van der Waals surface area contributed by atoms with Gasteiger partial charge in [0.2, 0.25) is 0 Å². The van der Waals surface area contributed by atoms with Crippen molar-refractivity contribution in [3.63, 3.8) is 0 Å². The molecule has 2 fully saturated rings. The second kappa shape index (κ2) is 7.50. The van der Waals surface area contributed by atoms with Crippen LogP contribution in [0.2, 0.25) is 0 Å². The first-order chi connectivity index (χ1) is 11.5. The van der Waals surface area contributed by atoms with Crippen LogP contribution in [0.15, 0.2) is 0 Å². The van der Waals surface area contributed by atoms with Crippen molar-refractivity contribution < 1.29 is 9.53 Å². The van der Waals surface area contributed by atoms with Gasteiger partial charge >= 0.3 is 0 Å². The number of carbonyl (C=O) groups excluding carboxylic acids is 1. The van der Waals surface area contributed by atoms with E-state index in [-0.39, 0.29) is 5.91 Å². The van der Waals surface area contributed by atoms with E-state index in [1.165, 1.54) is 12.8 Å². The predicted octanol–water partition coefficient (Wildman–Crippen LogP) is 2.90. The number of amides is 1. The van der Waals surface area contributed by atoms with Crippen molar-refractivity contribution in [2.75, 3.05) is 32.8 Å². The third kappa shape index (κ3) is 3.51. The second-order valence-corrected chi connectivity index (χ2v) is 8.27. The van der Waals surface area contributed by atoms with E-state index in [2.05, 4.69) is 30.7 Å². The normalized spacial score (nSPS) is 25.1. The van der Waals surface area contributed by atoms with E-state index < -0.39 is 0 Å². The predicted molar refractivity (Wildman–Crippen MR) is 96.9 cm³/mol. The van der Waals surface area contributed by atoms with Gasteiger partial charge in [-0.3, -0.25) is 9.69 Å². The molecule has 0 bridgehead atoms. The average molecular weight is 352 g/mol. The van der Waals surface area contributed by atoms with Crippen LogP contribution in [0.25, 0.3) is 0 Å². The number of hydrogen-bond acceptors (Lipinski definition) is 5. The van der Waals surface area contributed by atoms with Gasteiger partial charge in [0.05, 0.1) is 30.0 Å². The Morgan fingerprint density at radius 1 is 1.38 bits per heavy atom. The van der Waals surface area contributed by atoms with E-state index in [9.17, 15) is 4.79 Å². The van der Waals surface area contributed by atoms with Crippen LogP contribution in [-0.4, -0.2) is 65.6 Å². The number of rotatable bonds is 4. The maximum absolute atomic E-state index is 13.0. The minimum atomic E-state index is 0.147. The fourth-order valence-electron chi connectivity index (χ4n) is 3.71. The lowest BCUT2D eigenvalue weighted by molar-refractivity contribution is -0.0775. The molecule has 2 aliphatic heterocycles. The minimum Gasteiger partial charge on any atom is -0.378 e. The van der Waals surface area contributed by atoms with Crippen molar-refractivity contribution in [2.45, 2.75) is 58.5 Å². The Morgan fingerprint density at radius 2 is 2.17 bits per heavy atom. The first kappa shape index (κ1) is 17.8. The van der Waals surface area contributed by atoms with E-state index in [0.29, 0.717) is 18.0 Å². The number of fused-ring (bicyclic) bond motifs is 1. The highest BCUT2D eigenvalue weighted by Crippen LogP contribution is 2.28. The first-order valence-corrected chi connectivity index (χ1v) is 9.93. The van der Waals surface area contributed by atoms with Crippen LogP contribution >= 0.6 is 11.3 Å². The molecule has 0 spiro atoms. The molecular weight excluding hydrogens is 322 g/mol. The van der Waals surface area contributed by atoms with Crippen molar-refractivity contribution >= 4 is 17.2 Å². The van der Waals surface area contributed by atoms with E-state index in [0.717, 1.165) is 48.4 Å². The fraction of sp³-hybridized carbons (Fsp3) is 0.778. The second-order valence-electron chi connectivity index (χ2n) is 7.24. The average Bonchev–Trinajstić information content (AvgIpc) is 2.96. The number of hydrogen-bond donors (Lipinski definition) is 0. The molecule has 2 saturated heterocycles. The fourth-order valence-corrected chi connectivity index (χ4v) is 4.74. The van der Waals surface area contributed by atoms with Crippen LogP contribution in [0.5, 0.6) is 0 Å². The quantitative estimate of drug-likeness (QED) is 0.837. The zero-order valence-corrected chi connectivity index (χ0v) is 16.1. The molecule has 3 heterocycles. The third-order valence-electron chi connectivity index (χ3n) is 5.03. The minimum absolute atomic E-state index is 0.147. The molecule has 5 nitrogen and oxygen atoms in total. The molecule has 3 rings (SSSR count). The van der Waals surface area contributed by atoms with Gasteiger partial charge in [-0.05, 0) is 13.3 Å². The van der Waals surface area contributed by atoms with Gasteiger partial charge in [0.1, 0.15) is 4.88 Å². The Bertz CT molecular complexity index is 585. The maximum atomic E-state index is 13.0. The van der Waals surface area contributed by atoms with Gasteiger partial charge < -0.3 is 9.64 Å². The summed E-state index contributed by atoms with van der Waals surface area (Å²) in [5, 5.41) is 1.05. The third-order valence-corrected chi connectivity index (χ3v) is 6.47. The zero-order valence-electron chi connectivity index (χ0n) is 15.2. The molecule has 0 N–H and O–H groups in total. The highest BCUT2D eigenvalue weighted by Gasteiger charge is 2.37. The van der Waals surface area contributed by atoms with E-state index >= 15 is 0 Å². The zero-order chi connectivity index (χ0) is 17.3. The highest BCUT2D eigenvalue weighted by atomic mass is 32.1. The Hall–Kier alpha value is -0.980. The number of piperazine rings is 1. The lowest BCUT2D eigenvalue weighted by Gasteiger charge is -2.48. The van der Waals surface area contributed by atoms with E-state index in [1.807, 2.05) is 11.8 Å². The van der Waals surface area contributed by atoms with E-state index in [4.69, 9.17) is 4.74 Å². The first-order valence-electron chi connectivity index (χ1n) is 9.11. The Kier molecular flexibility index (Phi) is 5.57. The molecule has 0 radical (unpaired) electrons. The molecule has 1 amide bonds. The van der Waals surface area contributed by atoms with Crippen molar-refractivity contribution in [2.24, 2.45) is 0 Å². The summed E-state index contributed by atoms with van der Waals surface area (Å²) in [5.74, 6) is 0.516. The highest BCUT2D eigenvalue weighted by molar-refractivity contribution is 7.13. The van der Waals surface area contributed by atoms with Gasteiger partial charge in [0.25, 0.3) is 5.91 Å². The molecule has 0 unspecified atom stereocenters. The molecule has 0 aromatic carbocycles. The summed E-state index contributed by atoms with van der Waals surface area (Å²) in [4.78, 5) is 22.9. The lowest BCUT2D eigenvalue weighted by Crippen LogP contribution is -2.62. The van der Waals surface area contributed by atoms with Crippen molar-refractivity contribution in [3.8, 4) is 0 Å². The summed E-state index contributed by atoms with van der Waals surface area (Å²) in [7, 11) is 0. The SMILES string of the molecule is CCC[C@H]1COC[C@H]2CN(C(=O)c3sc(C(C)C)nc3C)CCN12. The maximum Gasteiger partial charge on any atom is 0.265 e. The molecule has 0 aliphatic carbocycles. The van der Waals surface area contributed by atoms with Crippen LogP contribution < -0.4 is 0 Å². The van der Waals surface area contributed by atoms with Gasteiger partial charge in [0, 0.05) is 31.6 Å². The molecule has 0 saturated carbocycles. The number of ether oxygens (including phenoxy) is 1. The van der Waals surface area contributed by atoms with Crippen LogP contribution in [0, 0.1) is 6.92 Å². The smallest absolute Gasteiger partial charge is 0.265 e. The molecule has 1 aromatic heterocycles. The van der Waals surface area contributed by atoms with Crippen molar-refractivity contribution in [1.29, 1.82) is 0 Å². The molecule has 6 heteroatoms. The summed E-state index contributed by atoms with van der Waals surface area (Å²) < 4.78 is 5.81. The van der Waals surface area contributed by atoms with Gasteiger partial charge in [-0.25, -0.2) is 4.98 Å². The Labute approximate surface area is 149 Å². The number of carbonyl (C=O) groups is 1. The number of thiazole rings is 1. The summed E-state index contributed by atoms with van der Waals surface area (Å²) in [6, 6.07) is 0.856. The van der Waals surface area contributed by atoms with Gasteiger partial charge in [-0.15, -0.1) is 11.3 Å².